The molecule has 0 bridgehead atoms. The fraction of sp³-hybridized carbons (Fsp3) is 0.182. The van der Waals surface area contributed by atoms with E-state index in [4.69, 9.17) is 28.0 Å². The molecule has 4 rings (SSSR count). The highest BCUT2D eigenvalue weighted by molar-refractivity contribution is 7.90. The van der Waals surface area contributed by atoms with Gasteiger partial charge < -0.3 is 4.90 Å². The maximum atomic E-state index is 12.8. The Kier molecular flexibility index (Phi) is 5.83. The molecule has 0 aliphatic carbocycles. The van der Waals surface area contributed by atoms with Gasteiger partial charge in [-0.2, -0.15) is 0 Å². The van der Waals surface area contributed by atoms with Crippen molar-refractivity contribution < 1.29 is 4.21 Å². The summed E-state index contributed by atoms with van der Waals surface area (Å²) < 4.78 is 24.0. The van der Waals surface area contributed by atoms with Crippen LogP contribution in [0.15, 0.2) is 71.6 Å². The number of hydrogen-bond donors (Lipinski definition) is 2. The number of hydrogen-bond acceptors (Lipinski definition) is 3. The van der Waals surface area contributed by atoms with E-state index >= 15 is 0 Å². The molecule has 1 aliphatic heterocycles. The van der Waals surface area contributed by atoms with Crippen LogP contribution in [0.25, 0.3) is 0 Å². The van der Waals surface area contributed by atoms with Gasteiger partial charge in [-0.05, 0) is 66.4 Å². The van der Waals surface area contributed by atoms with Crippen LogP contribution >= 0.6 is 23.2 Å². The number of para-hydroxylation sites is 1. The number of fused-ring (bicyclic) bond motifs is 2. The third-order valence-electron chi connectivity index (χ3n) is 5.07. The van der Waals surface area contributed by atoms with Crippen LogP contribution in [0, 0.1) is 4.78 Å². The normalized spacial score (nSPS) is 15.2. The first kappa shape index (κ1) is 20.2. The molecule has 29 heavy (non-hydrogen) atoms. The summed E-state index contributed by atoms with van der Waals surface area (Å²) in [5, 5.41) is 1.24. The lowest BCUT2D eigenvalue weighted by Gasteiger charge is -2.27. The second-order valence-electron chi connectivity index (χ2n) is 6.96. The molecule has 4 nitrogen and oxygen atoms in total. The predicted octanol–water partition coefficient (Wildman–Crippen LogP) is 5.84. The van der Waals surface area contributed by atoms with Crippen molar-refractivity contribution in [2.45, 2.75) is 17.7 Å². The van der Waals surface area contributed by atoms with Crippen LogP contribution in [0.2, 0.25) is 10.0 Å². The largest absolute Gasteiger partial charge is 0.340 e. The van der Waals surface area contributed by atoms with E-state index in [1.807, 2.05) is 18.2 Å². The van der Waals surface area contributed by atoms with Gasteiger partial charge >= 0.3 is 0 Å². The van der Waals surface area contributed by atoms with Gasteiger partial charge in [0.15, 0.2) is 0 Å². The van der Waals surface area contributed by atoms with Gasteiger partial charge in [0, 0.05) is 34.5 Å². The van der Waals surface area contributed by atoms with Crippen LogP contribution < -0.4 is 9.62 Å². The Balaban J connectivity index is 1.59. The summed E-state index contributed by atoms with van der Waals surface area (Å²) in [6.45, 7) is 0.944. The Bertz CT molecular complexity index is 1130. The minimum absolute atomic E-state index is 0.380. The first-order chi connectivity index (χ1) is 13.9. The van der Waals surface area contributed by atoms with Crippen LogP contribution in [0.3, 0.4) is 0 Å². The number of halogens is 2. The molecule has 0 fully saturated rings. The third kappa shape index (κ3) is 4.43. The van der Waals surface area contributed by atoms with Gasteiger partial charge in [0.25, 0.3) is 0 Å². The summed E-state index contributed by atoms with van der Waals surface area (Å²) in [7, 11) is -3.11. The standard InChI is InChI=1S/C22H21Cl2N3OS/c23-18-9-11-20(12-10-18)29(25,28)26-13-14-27-21-4-2-1-3-16(21)5-6-17-7-8-19(24)15-22(17)27/h1-4,7-12,15H,5-6,13-14H2,(H2,25,26,28). The summed E-state index contributed by atoms with van der Waals surface area (Å²) in [4.78, 5) is 2.62. The quantitative estimate of drug-likeness (QED) is 0.517. The van der Waals surface area contributed by atoms with Crippen molar-refractivity contribution in [3.05, 3.63) is 87.9 Å². The van der Waals surface area contributed by atoms with Crippen LogP contribution in [0.5, 0.6) is 0 Å². The van der Waals surface area contributed by atoms with Crippen molar-refractivity contribution in [2.24, 2.45) is 0 Å². The molecule has 0 saturated carbocycles. The zero-order valence-electron chi connectivity index (χ0n) is 15.7. The molecule has 1 unspecified atom stereocenters. The molecule has 7 heteroatoms. The highest BCUT2D eigenvalue weighted by Gasteiger charge is 2.21. The van der Waals surface area contributed by atoms with E-state index in [0.717, 1.165) is 24.2 Å². The lowest BCUT2D eigenvalue weighted by Crippen LogP contribution is -2.32. The molecule has 1 aliphatic rings. The minimum Gasteiger partial charge on any atom is -0.340 e. The van der Waals surface area contributed by atoms with Gasteiger partial charge in [-0.1, -0.05) is 47.5 Å². The number of nitrogens with zero attached hydrogens (tertiary/aromatic N) is 1. The summed E-state index contributed by atoms with van der Waals surface area (Å²) in [5.41, 5.74) is 4.68. The average Bonchev–Trinajstić information content (AvgIpc) is 2.85. The Morgan fingerprint density at radius 2 is 1.55 bits per heavy atom. The van der Waals surface area contributed by atoms with E-state index in [1.165, 1.54) is 11.1 Å². The molecule has 3 aromatic rings. The maximum absolute atomic E-state index is 12.8. The Labute approximate surface area is 181 Å². The van der Waals surface area contributed by atoms with Crippen molar-refractivity contribution in [3.8, 4) is 0 Å². The van der Waals surface area contributed by atoms with Gasteiger partial charge in [0.1, 0.15) is 9.92 Å². The molecule has 1 heterocycles. The van der Waals surface area contributed by atoms with Crippen LogP contribution in [-0.2, 0) is 22.8 Å². The second kappa shape index (κ2) is 8.36. The molecule has 2 N–H and O–H groups in total. The molecule has 3 aromatic carbocycles. The second-order valence-corrected chi connectivity index (χ2v) is 9.70. The van der Waals surface area contributed by atoms with Crippen molar-refractivity contribution in [1.82, 2.24) is 4.72 Å². The van der Waals surface area contributed by atoms with E-state index in [9.17, 15) is 4.21 Å². The highest BCUT2D eigenvalue weighted by atomic mass is 35.5. The molecule has 0 saturated heterocycles. The Morgan fingerprint density at radius 3 is 2.31 bits per heavy atom. The summed E-state index contributed by atoms with van der Waals surface area (Å²) >= 11 is 12.2. The Morgan fingerprint density at radius 1 is 0.897 bits per heavy atom. The maximum Gasteiger partial charge on any atom is 0.134 e. The van der Waals surface area contributed by atoms with Crippen molar-refractivity contribution >= 4 is 44.5 Å². The fourth-order valence-electron chi connectivity index (χ4n) is 3.64. The molecule has 1 atom stereocenters. The smallest absolute Gasteiger partial charge is 0.134 e. The first-order valence-electron chi connectivity index (χ1n) is 9.37. The van der Waals surface area contributed by atoms with Crippen molar-refractivity contribution in [2.75, 3.05) is 18.0 Å². The molecule has 150 valence electrons. The number of benzene rings is 3. The molecule has 0 amide bonds. The van der Waals surface area contributed by atoms with E-state index in [-0.39, 0.29) is 0 Å². The van der Waals surface area contributed by atoms with Crippen molar-refractivity contribution in [1.29, 1.82) is 4.78 Å². The SMILES string of the molecule is N=S(=O)(NCCN1c2ccccc2CCc2ccc(Cl)cc21)c1ccc(Cl)cc1. The predicted molar refractivity (Wildman–Crippen MR) is 121 cm³/mol. The Hall–Kier alpha value is -2.05. The number of aryl methyl sites for hydroxylation is 2. The minimum atomic E-state index is -3.11. The lowest BCUT2D eigenvalue weighted by atomic mass is 10.0. The fourth-order valence-corrected chi connectivity index (χ4v) is 4.99. The van der Waals surface area contributed by atoms with Crippen molar-refractivity contribution in [3.63, 3.8) is 0 Å². The summed E-state index contributed by atoms with van der Waals surface area (Å²) in [6.07, 6.45) is 1.89. The van der Waals surface area contributed by atoms with E-state index in [2.05, 4.69) is 33.9 Å². The van der Waals surface area contributed by atoms with Crippen LogP contribution in [0.1, 0.15) is 11.1 Å². The van der Waals surface area contributed by atoms with Crippen LogP contribution in [0.4, 0.5) is 11.4 Å². The van der Waals surface area contributed by atoms with Gasteiger partial charge in [-0.15, -0.1) is 0 Å². The highest BCUT2D eigenvalue weighted by Crippen LogP contribution is 2.37. The molecule has 0 radical (unpaired) electrons. The monoisotopic (exact) mass is 445 g/mol. The number of nitrogens with one attached hydrogen (secondary N) is 2. The summed E-state index contributed by atoms with van der Waals surface area (Å²) in [5.74, 6) is 0. The van der Waals surface area contributed by atoms with Gasteiger partial charge in [-0.25, -0.2) is 13.7 Å². The summed E-state index contributed by atoms with van der Waals surface area (Å²) in [6, 6.07) is 20.8. The molecule has 0 spiro atoms. The van der Waals surface area contributed by atoms with Crippen LogP contribution in [-0.4, -0.2) is 17.3 Å². The molecule has 0 aromatic heterocycles. The third-order valence-corrected chi connectivity index (χ3v) is 7.10. The van der Waals surface area contributed by atoms with Gasteiger partial charge in [0.05, 0.1) is 4.90 Å². The van der Waals surface area contributed by atoms with E-state index in [0.29, 0.717) is 28.0 Å². The molecular weight excluding hydrogens is 425 g/mol. The zero-order valence-corrected chi connectivity index (χ0v) is 18.0. The average molecular weight is 446 g/mol. The topological polar surface area (TPSA) is 56.2 Å². The lowest BCUT2D eigenvalue weighted by molar-refractivity contribution is 0.661. The van der Waals surface area contributed by atoms with Gasteiger partial charge in [0.2, 0.25) is 0 Å². The number of anilines is 2. The van der Waals surface area contributed by atoms with E-state index < -0.39 is 9.92 Å². The first-order valence-corrected chi connectivity index (χ1v) is 11.7. The molecular formula is C22H21Cl2N3OS. The number of rotatable bonds is 5. The van der Waals surface area contributed by atoms with E-state index in [1.54, 1.807) is 24.3 Å². The zero-order chi connectivity index (χ0) is 20.4. The van der Waals surface area contributed by atoms with Gasteiger partial charge in [-0.3, -0.25) is 0 Å².